The largest absolute Gasteiger partial charge is 1.00 e. The number of aryl methyl sites for hydroxylation is 1. The van der Waals surface area contributed by atoms with Crippen LogP contribution in [-0.2, 0) is 12.4 Å². The molecule has 0 bridgehead atoms. The van der Waals surface area contributed by atoms with Crippen LogP contribution in [0.4, 0.5) is 26.3 Å². The number of benzene rings is 2. The fourth-order valence-electron chi connectivity index (χ4n) is 2.73. The average Bonchev–Trinajstić information content (AvgIpc) is 2.61. The molecule has 0 fully saturated rings. The van der Waals surface area contributed by atoms with E-state index in [9.17, 15) is 31.1 Å². The van der Waals surface area contributed by atoms with Gasteiger partial charge in [0.05, 0.1) is 17.7 Å². The van der Waals surface area contributed by atoms with E-state index in [1.165, 1.54) is 6.07 Å². The van der Waals surface area contributed by atoms with E-state index in [4.69, 9.17) is 4.74 Å². The Labute approximate surface area is 190 Å². The van der Waals surface area contributed by atoms with Crippen molar-refractivity contribution in [1.82, 2.24) is 0 Å². The van der Waals surface area contributed by atoms with Crippen molar-refractivity contribution < 1.29 is 54.7 Å². The summed E-state index contributed by atoms with van der Waals surface area (Å²) < 4.78 is 85.3. The second-order valence-corrected chi connectivity index (χ2v) is 8.43. The van der Waals surface area contributed by atoms with Gasteiger partial charge in [0.15, 0.2) is 5.52 Å². The standard InChI is InChI=1S/C21H21F6O2P.Li/c1-12(2)9-10-29-14-7-8-17(13(3)11-14)30-19(28)18-15(20(22,23)24)5-4-6-16(18)21(25,26)27;/h4-8,11-12,30H,9-10H2,1-3H3;/q;+1. The van der Waals surface area contributed by atoms with E-state index < -0.39 is 43.1 Å². The SMILES string of the molecule is Cc1cc(OCCC(C)C)ccc1PC(=O)c1c(C(F)(F)F)cccc1C(F)(F)F.[Li+]. The summed E-state index contributed by atoms with van der Waals surface area (Å²) in [6.07, 6.45) is -9.34. The first kappa shape index (κ1) is 27.6. The molecule has 0 amide bonds. The number of hydrogen-bond acceptors (Lipinski definition) is 2. The van der Waals surface area contributed by atoms with Crippen molar-refractivity contribution in [3.05, 3.63) is 58.7 Å². The van der Waals surface area contributed by atoms with Crippen molar-refractivity contribution in [1.29, 1.82) is 0 Å². The van der Waals surface area contributed by atoms with Crippen molar-refractivity contribution in [3.63, 3.8) is 0 Å². The van der Waals surface area contributed by atoms with Gasteiger partial charge in [0.2, 0.25) is 0 Å². The smallest absolute Gasteiger partial charge is 0.494 e. The number of rotatable bonds is 7. The van der Waals surface area contributed by atoms with Crippen LogP contribution in [0.5, 0.6) is 5.75 Å². The number of hydrogen-bond donors (Lipinski definition) is 0. The summed E-state index contributed by atoms with van der Waals surface area (Å²) in [5.74, 6) is 0.974. The first-order chi connectivity index (χ1) is 13.8. The van der Waals surface area contributed by atoms with Crippen molar-refractivity contribution in [2.45, 2.75) is 39.5 Å². The van der Waals surface area contributed by atoms with Gasteiger partial charge >= 0.3 is 31.2 Å². The summed E-state index contributed by atoms with van der Waals surface area (Å²) in [5, 5.41) is 0.362. The molecule has 0 heterocycles. The third-order valence-corrected chi connectivity index (χ3v) is 5.62. The summed E-state index contributed by atoms with van der Waals surface area (Å²) in [6.45, 7) is 6.19. The fraction of sp³-hybridized carbons (Fsp3) is 0.381. The Morgan fingerprint density at radius 3 is 2.00 bits per heavy atom. The summed E-state index contributed by atoms with van der Waals surface area (Å²) in [6, 6.07) is 6.32. The zero-order valence-corrected chi connectivity index (χ0v) is 18.5. The normalized spacial score (nSPS) is 12.3. The maximum Gasteiger partial charge on any atom is 1.00 e. The van der Waals surface area contributed by atoms with Crippen LogP contribution in [0.2, 0.25) is 0 Å². The molecule has 2 nitrogen and oxygen atoms in total. The molecule has 2 rings (SSSR count). The van der Waals surface area contributed by atoms with Gasteiger partial charge in [-0.1, -0.05) is 26.0 Å². The van der Waals surface area contributed by atoms with Crippen LogP contribution in [0.25, 0.3) is 0 Å². The van der Waals surface area contributed by atoms with Crippen LogP contribution in [-0.4, -0.2) is 12.1 Å². The minimum absolute atomic E-state index is 0. The molecular formula is C21H21F6LiO2P+. The van der Waals surface area contributed by atoms with Gasteiger partial charge in [-0.3, -0.25) is 4.79 Å². The van der Waals surface area contributed by atoms with E-state index in [1.54, 1.807) is 19.1 Å². The van der Waals surface area contributed by atoms with E-state index in [2.05, 4.69) is 0 Å². The topological polar surface area (TPSA) is 26.3 Å². The van der Waals surface area contributed by atoms with Crippen molar-refractivity contribution in [3.8, 4) is 5.75 Å². The van der Waals surface area contributed by atoms with Crippen LogP contribution in [0.1, 0.15) is 47.3 Å². The molecule has 0 aromatic heterocycles. The van der Waals surface area contributed by atoms with Crippen molar-refractivity contribution >= 4 is 19.4 Å². The van der Waals surface area contributed by atoms with Gasteiger partial charge in [0.1, 0.15) is 5.75 Å². The molecule has 0 aliphatic carbocycles. The predicted molar refractivity (Wildman–Crippen MR) is 105 cm³/mol. The summed E-state index contributed by atoms with van der Waals surface area (Å²) in [4.78, 5) is 12.6. The Bertz CT molecular complexity index is 877. The molecule has 164 valence electrons. The molecular weight excluding hydrogens is 436 g/mol. The van der Waals surface area contributed by atoms with Gasteiger partial charge in [-0.15, -0.1) is 0 Å². The number of carbonyl (C=O) groups is 1. The van der Waals surface area contributed by atoms with Crippen molar-refractivity contribution in [2.24, 2.45) is 5.92 Å². The molecule has 0 radical (unpaired) electrons. The fourth-order valence-corrected chi connectivity index (χ4v) is 3.81. The zero-order chi connectivity index (χ0) is 22.7. The number of ether oxygens (including phenoxy) is 1. The molecule has 0 aliphatic rings. The maximum absolute atomic E-state index is 13.3. The third-order valence-electron chi connectivity index (χ3n) is 4.31. The molecule has 2 aromatic rings. The summed E-state index contributed by atoms with van der Waals surface area (Å²) in [7, 11) is -0.894. The maximum atomic E-state index is 13.3. The quantitative estimate of drug-likeness (QED) is 0.361. The van der Waals surface area contributed by atoms with Crippen LogP contribution in [0.15, 0.2) is 36.4 Å². The van der Waals surface area contributed by atoms with E-state index >= 15 is 0 Å². The molecule has 1 unspecified atom stereocenters. The van der Waals surface area contributed by atoms with Crippen LogP contribution < -0.4 is 28.9 Å². The van der Waals surface area contributed by atoms with Crippen LogP contribution in [0, 0.1) is 12.8 Å². The van der Waals surface area contributed by atoms with E-state index in [1.807, 2.05) is 13.8 Å². The molecule has 0 aliphatic heterocycles. The minimum Gasteiger partial charge on any atom is -0.494 e. The number of alkyl halides is 6. The van der Waals surface area contributed by atoms with Gasteiger partial charge in [-0.2, -0.15) is 26.3 Å². The molecule has 0 N–H and O–H groups in total. The van der Waals surface area contributed by atoms with Gasteiger partial charge < -0.3 is 4.74 Å². The number of carbonyl (C=O) groups excluding carboxylic acids is 1. The third kappa shape index (κ3) is 7.56. The molecule has 0 spiro atoms. The Hall–Kier alpha value is -1.48. The minimum atomic E-state index is -5.08. The molecule has 0 saturated carbocycles. The second kappa shape index (κ2) is 10.9. The molecule has 1 atom stereocenters. The molecule has 10 heteroatoms. The zero-order valence-electron chi connectivity index (χ0n) is 17.5. The molecule has 0 saturated heterocycles. The predicted octanol–water partition coefficient (Wildman–Crippen LogP) is 3.61. The van der Waals surface area contributed by atoms with E-state index in [0.717, 1.165) is 6.42 Å². The first-order valence-corrected chi connectivity index (χ1v) is 10.1. The Morgan fingerprint density at radius 2 is 1.55 bits per heavy atom. The van der Waals surface area contributed by atoms with E-state index in [0.29, 0.717) is 47.3 Å². The monoisotopic (exact) mass is 457 g/mol. The van der Waals surface area contributed by atoms with Gasteiger partial charge in [0.25, 0.3) is 0 Å². The Balaban J connectivity index is 0.00000480. The molecule has 2 aromatic carbocycles. The summed E-state index contributed by atoms with van der Waals surface area (Å²) in [5.41, 5.74) is -5.16. The van der Waals surface area contributed by atoms with Crippen LogP contribution >= 0.6 is 8.58 Å². The van der Waals surface area contributed by atoms with E-state index in [-0.39, 0.29) is 18.9 Å². The first-order valence-electron chi connectivity index (χ1n) is 9.13. The Kier molecular flexibility index (Phi) is 9.68. The van der Waals surface area contributed by atoms with Gasteiger partial charge in [-0.25, -0.2) is 0 Å². The summed E-state index contributed by atoms with van der Waals surface area (Å²) >= 11 is 0. The van der Waals surface area contributed by atoms with Crippen LogP contribution in [0.3, 0.4) is 0 Å². The number of halogens is 6. The average molecular weight is 457 g/mol. The van der Waals surface area contributed by atoms with Gasteiger partial charge in [0, 0.05) is 5.56 Å². The Morgan fingerprint density at radius 1 is 1.00 bits per heavy atom. The van der Waals surface area contributed by atoms with Gasteiger partial charge in [-0.05, 0) is 63.0 Å². The molecule has 31 heavy (non-hydrogen) atoms. The second-order valence-electron chi connectivity index (χ2n) is 7.19. The van der Waals surface area contributed by atoms with Crippen molar-refractivity contribution in [2.75, 3.05) is 6.61 Å².